The quantitative estimate of drug-likeness (QED) is 0.661. The molecule has 0 fully saturated rings. The van der Waals surface area contributed by atoms with Crippen LogP contribution in [0.2, 0.25) is 0 Å². The van der Waals surface area contributed by atoms with Crippen LogP contribution in [0.5, 0.6) is 11.5 Å². The zero-order chi connectivity index (χ0) is 12.5. The number of aromatic hydroxyl groups is 1. The zero-order valence-electron chi connectivity index (χ0n) is 9.70. The Bertz CT molecular complexity index is 635. The maximum atomic E-state index is 12.1. The molecule has 0 aliphatic heterocycles. The second kappa shape index (κ2) is 5.75. The molecule has 0 spiro atoms. The average molecular weight is 272 g/mol. The van der Waals surface area contributed by atoms with Gasteiger partial charge in [0.1, 0.15) is 10.6 Å². The Kier molecular flexibility index (Phi) is 4.81. The first-order chi connectivity index (χ1) is 8.01. The molecule has 0 amide bonds. The first-order valence-electron chi connectivity index (χ1n) is 4.82. The smallest absolute Gasteiger partial charge is 0.872 e. The van der Waals surface area contributed by atoms with Gasteiger partial charge in [-0.3, -0.25) is 0 Å². The van der Waals surface area contributed by atoms with E-state index in [0.717, 1.165) is 0 Å². The Balaban J connectivity index is 0.00000162. The van der Waals surface area contributed by atoms with E-state index in [1.165, 1.54) is 48.5 Å². The fraction of sp³-hybridized carbons (Fsp3) is 0. The van der Waals surface area contributed by atoms with E-state index in [1.807, 2.05) is 0 Å². The Morgan fingerprint density at radius 1 is 0.944 bits per heavy atom. The van der Waals surface area contributed by atoms with Crippen LogP contribution >= 0.6 is 0 Å². The van der Waals surface area contributed by atoms with E-state index in [-0.39, 0.29) is 50.8 Å². The molecule has 0 saturated carbocycles. The van der Waals surface area contributed by atoms with Crippen molar-refractivity contribution < 1.29 is 48.2 Å². The van der Waals surface area contributed by atoms with Gasteiger partial charge in [-0.15, -0.1) is 5.75 Å². The van der Waals surface area contributed by atoms with Gasteiger partial charge >= 0.3 is 29.6 Å². The van der Waals surface area contributed by atoms with Crippen molar-refractivity contribution in [1.82, 2.24) is 0 Å². The maximum Gasteiger partial charge on any atom is 1.00 e. The Morgan fingerprint density at radius 3 is 2.06 bits per heavy atom. The van der Waals surface area contributed by atoms with Crippen molar-refractivity contribution in [2.24, 2.45) is 0 Å². The average Bonchev–Trinajstić information content (AvgIpc) is 2.30. The topological polar surface area (TPSA) is 77.4 Å². The fourth-order valence-corrected chi connectivity index (χ4v) is 2.78. The molecule has 0 aliphatic carbocycles. The van der Waals surface area contributed by atoms with E-state index in [9.17, 15) is 18.6 Å². The van der Waals surface area contributed by atoms with E-state index in [1.54, 1.807) is 0 Å². The summed E-state index contributed by atoms with van der Waals surface area (Å²) in [5, 5.41) is 20.4. The molecule has 18 heavy (non-hydrogen) atoms. The standard InChI is InChI=1S/C12H10O4S.Na/c13-9-5-7-10(8-6-9)17(15,16)12-4-2-1-3-11(12)14;/h1-8,13-14H;/q;+1/p-1. The van der Waals surface area contributed by atoms with E-state index in [4.69, 9.17) is 0 Å². The summed E-state index contributed by atoms with van der Waals surface area (Å²) in [6, 6.07) is 10.5. The van der Waals surface area contributed by atoms with E-state index in [2.05, 4.69) is 0 Å². The molecule has 1 N–H and O–H groups in total. The molecule has 2 rings (SSSR count). The third-order valence-electron chi connectivity index (χ3n) is 2.29. The summed E-state index contributed by atoms with van der Waals surface area (Å²) in [7, 11) is -3.78. The largest absolute Gasteiger partial charge is 1.00 e. The summed E-state index contributed by atoms with van der Waals surface area (Å²) in [6.45, 7) is 0. The number of rotatable bonds is 2. The molecule has 0 aliphatic rings. The number of benzene rings is 2. The van der Waals surface area contributed by atoms with Crippen LogP contribution in [-0.4, -0.2) is 13.5 Å². The van der Waals surface area contributed by atoms with Gasteiger partial charge in [0.25, 0.3) is 0 Å². The van der Waals surface area contributed by atoms with Crippen LogP contribution in [-0.2, 0) is 9.84 Å². The van der Waals surface area contributed by atoms with Gasteiger partial charge < -0.3 is 10.2 Å². The van der Waals surface area contributed by atoms with Crippen LogP contribution in [0.25, 0.3) is 0 Å². The molecule has 0 unspecified atom stereocenters. The number of phenolic OH excluding ortho intramolecular Hbond substituents is 1. The monoisotopic (exact) mass is 272 g/mol. The summed E-state index contributed by atoms with van der Waals surface area (Å²) in [5.41, 5.74) is 0. The van der Waals surface area contributed by atoms with Crippen molar-refractivity contribution in [2.45, 2.75) is 9.79 Å². The predicted molar refractivity (Wildman–Crippen MR) is 59.4 cm³/mol. The van der Waals surface area contributed by atoms with Crippen LogP contribution in [0.4, 0.5) is 0 Å². The Morgan fingerprint density at radius 2 is 1.50 bits per heavy atom. The number of hydrogen-bond acceptors (Lipinski definition) is 4. The second-order valence-electron chi connectivity index (χ2n) is 3.44. The molecule has 88 valence electrons. The molecule has 4 nitrogen and oxygen atoms in total. The van der Waals surface area contributed by atoms with Crippen LogP contribution < -0.4 is 34.7 Å². The summed E-state index contributed by atoms with van der Waals surface area (Å²) in [4.78, 5) is -0.183. The van der Waals surface area contributed by atoms with E-state index in [0.29, 0.717) is 0 Å². The summed E-state index contributed by atoms with van der Waals surface area (Å²) >= 11 is 0. The molecule has 2 aromatic rings. The van der Waals surface area contributed by atoms with Crippen molar-refractivity contribution in [3.05, 3.63) is 48.5 Å². The SMILES string of the molecule is O=S(=O)(c1ccc([O-])cc1)c1ccccc1O.[Na+]. The van der Waals surface area contributed by atoms with Crippen LogP contribution in [0, 0.1) is 0 Å². The van der Waals surface area contributed by atoms with Crippen LogP contribution in [0.1, 0.15) is 0 Å². The molecule has 0 saturated heterocycles. The number of para-hydroxylation sites is 1. The minimum absolute atomic E-state index is 0. The molecule has 0 atom stereocenters. The maximum absolute atomic E-state index is 12.1. The third-order valence-corrected chi connectivity index (χ3v) is 4.11. The van der Waals surface area contributed by atoms with Gasteiger partial charge in [0, 0.05) is 0 Å². The molecular weight excluding hydrogens is 263 g/mol. The van der Waals surface area contributed by atoms with Gasteiger partial charge in [-0.25, -0.2) is 8.42 Å². The molecule has 0 aromatic heterocycles. The second-order valence-corrected chi connectivity index (χ2v) is 5.36. The molecule has 6 heteroatoms. The number of sulfone groups is 1. The van der Waals surface area contributed by atoms with Gasteiger partial charge in [-0.1, -0.05) is 24.3 Å². The summed E-state index contributed by atoms with van der Waals surface area (Å²) in [6.07, 6.45) is 0. The molecule has 0 heterocycles. The number of phenols is 1. The van der Waals surface area contributed by atoms with Crippen molar-refractivity contribution in [2.75, 3.05) is 0 Å². The predicted octanol–water partition coefficient (Wildman–Crippen LogP) is -1.70. The third kappa shape index (κ3) is 2.87. The van der Waals surface area contributed by atoms with Gasteiger partial charge in [-0.2, -0.15) is 0 Å². The zero-order valence-corrected chi connectivity index (χ0v) is 12.5. The molecule has 0 bridgehead atoms. The van der Waals surface area contributed by atoms with Crippen LogP contribution in [0.15, 0.2) is 58.3 Å². The molecular formula is C12H9NaO4S. The first-order valence-corrected chi connectivity index (χ1v) is 6.30. The van der Waals surface area contributed by atoms with Gasteiger partial charge in [-0.05, 0) is 24.3 Å². The molecule has 0 radical (unpaired) electrons. The molecule has 2 aromatic carbocycles. The van der Waals surface area contributed by atoms with Crippen molar-refractivity contribution in [3.8, 4) is 11.5 Å². The van der Waals surface area contributed by atoms with Crippen molar-refractivity contribution in [1.29, 1.82) is 0 Å². The van der Waals surface area contributed by atoms with Gasteiger partial charge in [0.05, 0.1) is 4.90 Å². The number of hydrogen-bond donors (Lipinski definition) is 1. The summed E-state index contributed by atoms with van der Waals surface area (Å²) < 4.78 is 24.2. The minimum atomic E-state index is -3.78. The summed E-state index contributed by atoms with van der Waals surface area (Å²) in [5.74, 6) is -0.570. The fourth-order valence-electron chi connectivity index (χ4n) is 1.43. The van der Waals surface area contributed by atoms with Crippen molar-refractivity contribution >= 4 is 9.84 Å². The van der Waals surface area contributed by atoms with E-state index < -0.39 is 9.84 Å². The van der Waals surface area contributed by atoms with Crippen LogP contribution in [0.3, 0.4) is 0 Å². The normalized spacial score (nSPS) is 10.7. The Hall–Kier alpha value is -1.01. The van der Waals surface area contributed by atoms with E-state index >= 15 is 0 Å². The van der Waals surface area contributed by atoms with Gasteiger partial charge in [0.15, 0.2) is 0 Å². The first kappa shape index (κ1) is 15.0. The van der Waals surface area contributed by atoms with Gasteiger partial charge in [0.2, 0.25) is 9.84 Å². The Labute approximate surface area is 127 Å². The van der Waals surface area contributed by atoms with Crippen molar-refractivity contribution in [3.63, 3.8) is 0 Å². The minimum Gasteiger partial charge on any atom is -0.872 e.